The summed E-state index contributed by atoms with van der Waals surface area (Å²) in [5.74, 6) is 0.658. The van der Waals surface area contributed by atoms with Crippen LogP contribution in [0, 0.1) is 18.6 Å². The Labute approximate surface area is 206 Å². The first-order valence-corrected chi connectivity index (χ1v) is 11.6. The molecular formula is C26H25F2N5O3. The molecule has 1 aliphatic heterocycles. The van der Waals surface area contributed by atoms with E-state index in [0.29, 0.717) is 23.8 Å². The van der Waals surface area contributed by atoms with Crippen molar-refractivity contribution in [3.05, 3.63) is 94.3 Å². The molecule has 0 saturated carbocycles. The number of aryl methyl sites for hydroxylation is 1. The number of benzene rings is 2. The van der Waals surface area contributed by atoms with E-state index in [0.717, 1.165) is 45.9 Å². The number of anilines is 1. The van der Waals surface area contributed by atoms with E-state index in [1.807, 2.05) is 19.9 Å². The summed E-state index contributed by atoms with van der Waals surface area (Å²) in [6.45, 7) is 5.93. The number of hydrogen-bond acceptors (Lipinski definition) is 6. The van der Waals surface area contributed by atoms with Gasteiger partial charge in [-0.15, -0.1) is 0 Å². The van der Waals surface area contributed by atoms with Crippen LogP contribution in [0.1, 0.15) is 18.1 Å². The van der Waals surface area contributed by atoms with Crippen LogP contribution in [0.4, 0.5) is 14.6 Å². The number of nitrogens with zero attached hydrogens (tertiary/aromatic N) is 5. The van der Waals surface area contributed by atoms with Crippen LogP contribution in [0.5, 0.6) is 11.5 Å². The predicted molar refractivity (Wildman–Crippen MR) is 130 cm³/mol. The second-order valence-electron chi connectivity index (χ2n) is 8.54. The van der Waals surface area contributed by atoms with Gasteiger partial charge in [-0.3, -0.25) is 4.57 Å². The smallest absolute Gasteiger partial charge is 0.350 e. The van der Waals surface area contributed by atoms with Gasteiger partial charge in [0.2, 0.25) is 0 Å². The average molecular weight is 494 g/mol. The van der Waals surface area contributed by atoms with Gasteiger partial charge in [-0.2, -0.15) is 9.78 Å². The molecule has 0 bridgehead atoms. The van der Waals surface area contributed by atoms with E-state index in [2.05, 4.69) is 15.0 Å². The Hall–Kier alpha value is -4.05. The van der Waals surface area contributed by atoms with Crippen molar-refractivity contribution in [3.8, 4) is 17.2 Å². The van der Waals surface area contributed by atoms with Crippen LogP contribution < -0.4 is 15.3 Å². The van der Waals surface area contributed by atoms with Crippen molar-refractivity contribution >= 4 is 5.82 Å². The van der Waals surface area contributed by atoms with Gasteiger partial charge in [0.25, 0.3) is 0 Å². The van der Waals surface area contributed by atoms with E-state index < -0.39 is 17.3 Å². The summed E-state index contributed by atoms with van der Waals surface area (Å²) in [4.78, 5) is 19.4. The molecule has 0 atom stereocenters. The first kappa shape index (κ1) is 23.7. The minimum absolute atomic E-state index is 0.193. The molecule has 1 saturated heterocycles. The fourth-order valence-corrected chi connectivity index (χ4v) is 4.00. The van der Waals surface area contributed by atoms with E-state index in [9.17, 15) is 13.6 Å². The van der Waals surface area contributed by atoms with Crippen LogP contribution in [-0.2, 0) is 11.3 Å². The summed E-state index contributed by atoms with van der Waals surface area (Å²) >= 11 is 0. The van der Waals surface area contributed by atoms with E-state index in [1.54, 1.807) is 30.5 Å². The molecule has 0 N–H and O–H groups in total. The minimum atomic E-state index is -0.714. The molecule has 0 aliphatic carbocycles. The standard InChI is InChI=1S/C26H25F2N5O3/c1-3-35-20-13-31(14-20)25-11-24(17(2)12-29-25)36-19-9-7-18(8-10-19)33-26(34)32(16-30-33)15-21-22(27)5-4-6-23(21)28/h4-12,16,20H,3,13-15H2,1-2H3. The van der Waals surface area contributed by atoms with Crippen molar-refractivity contribution in [1.82, 2.24) is 19.3 Å². The lowest BCUT2D eigenvalue weighted by Crippen LogP contribution is -2.52. The van der Waals surface area contributed by atoms with Gasteiger partial charge >= 0.3 is 5.69 Å². The largest absolute Gasteiger partial charge is 0.457 e. The van der Waals surface area contributed by atoms with Crippen molar-refractivity contribution in [1.29, 1.82) is 0 Å². The van der Waals surface area contributed by atoms with Gasteiger partial charge in [0, 0.05) is 43.1 Å². The highest BCUT2D eigenvalue weighted by Gasteiger charge is 2.28. The second-order valence-corrected chi connectivity index (χ2v) is 8.54. The van der Waals surface area contributed by atoms with Gasteiger partial charge in [0.15, 0.2) is 0 Å². The molecule has 186 valence electrons. The highest BCUT2D eigenvalue weighted by atomic mass is 19.1. The molecule has 0 spiro atoms. The lowest BCUT2D eigenvalue weighted by molar-refractivity contribution is 0.0427. The number of pyridine rings is 1. The quantitative estimate of drug-likeness (QED) is 0.368. The van der Waals surface area contributed by atoms with Gasteiger partial charge in [-0.1, -0.05) is 6.07 Å². The molecule has 10 heteroatoms. The monoisotopic (exact) mass is 493 g/mol. The summed E-state index contributed by atoms with van der Waals surface area (Å²) in [6, 6.07) is 12.3. The molecule has 0 radical (unpaired) electrons. The van der Waals surface area contributed by atoms with E-state index in [1.165, 1.54) is 12.4 Å². The molecule has 2 aromatic carbocycles. The second kappa shape index (κ2) is 9.90. The van der Waals surface area contributed by atoms with Gasteiger partial charge in [0.1, 0.15) is 35.3 Å². The van der Waals surface area contributed by atoms with Crippen LogP contribution in [-0.4, -0.2) is 45.1 Å². The van der Waals surface area contributed by atoms with Gasteiger partial charge in [0.05, 0.1) is 18.3 Å². The Balaban J connectivity index is 1.30. The molecule has 8 nitrogen and oxygen atoms in total. The van der Waals surface area contributed by atoms with Crippen LogP contribution in [0.15, 0.2) is 65.8 Å². The Morgan fingerprint density at radius 1 is 1.08 bits per heavy atom. The van der Waals surface area contributed by atoms with Gasteiger partial charge < -0.3 is 14.4 Å². The van der Waals surface area contributed by atoms with Gasteiger partial charge in [-0.05, 0) is 50.2 Å². The minimum Gasteiger partial charge on any atom is -0.457 e. The average Bonchev–Trinajstić information content (AvgIpc) is 3.20. The topological polar surface area (TPSA) is 74.4 Å². The van der Waals surface area contributed by atoms with E-state index in [4.69, 9.17) is 9.47 Å². The molecule has 0 unspecified atom stereocenters. The molecule has 3 heterocycles. The normalized spacial score (nSPS) is 13.6. The first-order valence-electron chi connectivity index (χ1n) is 11.6. The maximum Gasteiger partial charge on any atom is 0.350 e. The molecule has 1 aliphatic rings. The number of ether oxygens (including phenoxy) is 2. The maximum atomic E-state index is 14.0. The fourth-order valence-electron chi connectivity index (χ4n) is 4.00. The zero-order valence-electron chi connectivity index (χ0n) is 19.9. The lowest BCUT2D eigenvalue weighted by atomic mass is 10.1. The van der Waals surface area contributed by atoms with Crippen LogP contribution in [0.25, 0.3) is 5.69 Å². The Bertz CT molecular complexity index is 1410. The first-order chi connectivity index (χ1) is 17.4. The molecule has 1 fully saturated rings. The van der Waals surface area contributed by atoms with E-state index >= 15 is 0 Å². The molecule has 5 rings (SSSR count). The molecule has 4 aromatic rings. The third-order valence-electron chi connectivity index (χ3n) is 6.05. The number of halogens is 2. The molecule has 36 heavy (non-hydrogen) atoms. The van der Waals surface area contributed by atoms with Crippen LogP contribution in [0.3, 0.4) is 0 Å². The zero-order valence-corrected chi connectivity index (χ0v) is 19.9. The zero-order chi connectivity index (χ0) is 25.2. The fraction of sp³-hybridized carbons (Fsp3) is 0.269. The Morgan fingerprint density at radius 3 is 2.50 bits per heavy atom. The Kier molecular flexibility index (Phi) is 6.51. The highest BCUT2D eigenvalue weighted by Crippen LogP contribution is 2.30. The number of rotatable bonds is 8. The third kappa shape index (κ3) is 4.72. The van der Waals surface area contributed by atoms with E-state index in [-0.39, 0.29) is 18.2 Å². The molecular weight excluding hydrogens is 468 g/mol. The van der Waals surface area contributed by atoms with Crippen molar-refractivity contribution < 1.29 is 18.3 Å². The lowest BCUT2D eigenvalue weighted by Gasteiger charge is -2.39. The van der Waals surface area contributed by atoms with Gasteiger partial charge in [-0.25, -0.2) is 18.6 Å². The summed E-state index contributed by atoms with van der Waals surface area (Å²) < 4.78 is 42.0. The Morgan fingerprint density at radius 2 is 1.81 bits per heavy atom. The van der Waals surface area contributed by atoms with Crippen molar-refractivity contribution in [2.75, 3.05) is 24.6 Å². The molecule has 0 amide bonds. The van der Waals surface area contributed by atoms with Crippen LogP contribution >= 0.6 is 0 Å². The summed E-state index contributed by atoms with van der Waals surface area (Å²) in [6.07, 6.45) is 3.26. The summed E-state index contributed by atoms with van der Waals surface area (Å²) in [5, 5.41) is 4.09. The summed E-state index contributed by atoms with van der Waals surface area (Å²) in [7, 11) is 0. The van der Waals surface area contributed by atoms with Crippen molar-refractivity contribution in [2.24, 2.45) is 0 Å². The predicted octanol–water partition coefficient (Wildman–Crippen LogP) is 4.08. The summed E-state index contributed by atoms with van der Waals surface area (Å²) in [5.41, 5.74) is 0.678. The maximum absolute atomic E-state index is 14.0. The number of aromatic nitrogens is 4. The number of hydrogen-bond donors (Lipinski definition) is 0. The third-order valence-corrected chi connectivity index (χ3v) is 6.05. The van der Waals surface area contributed by atoms with Crippen molar-refractivity contribution in [3.63, 3.8) is 0 Å². The van der Waals surface area contributed by atoms with Crippen LogP contribution in [0.2, 0.25) is 0 Å². The SMILES string of the molecule is CCOC1CN(c2cc(Oc3ccc(-n4ncn(Cc5c(F)cccc5F)c4=O)cc3)c(C)cn2)C1. The molecule has 2 aromatic heterocycles. The highest BCUT2D eigenvalue weighted by molar-refractivity contribution is 5.50. The van der Waals surface area contributed by atoms with Crippen molar-refractivity contribution in [2.45, 2.75) is 26.5 Å².